The molecule has 0 saturated carbocycles. The summed E-state index contributed by atoms with van der Waals surface area (Å²) in [6.07, 6.45) is 1.58. The second-order valence-electron chi connectivity index (χ2n) is 7.08. The number of furan rings is 1. The van der Waals surface area contributed by atoms with Crippen molar-refractivity contribution in [3.63, 3.8) is 0 Å². The second-order valence-corrected chi connectivity index (χ2v) is 7.08. The van der Waals surface area contributed by atoms with Crippen molar-refractivity contribution in [3.8, 4) is 11.3 Å². The van der Waals surface area contributed by atoms with Crippen molar-refractivity contribution in [3.05, 3.63) is 78.5 Å². The molecule has 1 N–H and O–H groups in total. The predicted molar refractivity (Wildman–Crippen MR) is 105 cm³/mol. The normalized spacial score (nSPS) is 19.1. The summed E-state index contributed by atoms with van der Waals surface area (Å²) >= 11 is 0. The summed E-state index contributed by atoms with van der Waals surface area (Å²) in [7, 11) is 0. The minimum atomic E-state index is -1.29. The van der Waals surface area contributed by atoms with Crippen molar-refractivity contribution in [1.82, 2.24) is 15.2 Å². The highest BCUT2D eigenvalue weighted by atomic mass is 16.4. The van der Waals surface area contributed by atoms with Crippen LogP contribution < -0.4 is 5.32 Å². The topological polar surface area (TPSA) is 88.6 Å². The number of carbonyl (C=O) groups is 2. The minimum absolute atomic E-state index is 0.0622. The maximum atomic E-state index is 13.1. The van der Waals surface area contributed by atoms with E-state index in [1.54, 1.807) is 19.2 Å². The first-order valence-electron chi connectivity index (χ1n) is 9.18. The van der Waals surface area contributed by atoms with Crippen molar-refractivity contribution in [1.29, 1.82) is 0 Å². The van der Waals surface area contributed by atoms with Crippen LogP contribution in [0.1, 0.15) is 18.6 Å². The summed E-state index contributed by atoms with van der Waals surface area (Å²) in [5, 5.41) is 3.61. The first-order valence-corrected chi connectivity index (χ1v) is 9.18. The molecule has 1 aliphatic rings. The van der Waals surface area contributed by atoms with Gasteiger partial charge in [0.05, 0.1) is 6.20 Å². The quantitative estimate of drug-likeness (QED) is 0.534. The van der Waals surface area contributed by atoms with E-state index in [1.807, 2.05) is 54.6 Å². The first kappa shape index (κ1) is 17.2. The summed E-state index contributed by atoms with van der Waals surface area (Å²) in [6.45, 7) is 1.57. The molecule has 2 aromatic carbocycles. The minimum Gasteiger partial charge on any atom is -0.458 e. The summed E-state index contributed by atoms with van der Waals surface area (Å²) in [6, 6.07) is 18.2. The number of hydrogen-bond acceptors (Lipinski definition) is 5. The summed E-state index contributed by atoms with van der Waals surface area (Å²) < 4.78 is 11.6. The number of benzene rings is 2. The number of fused-ring (bicyclic) bond motifs is 1. The number of urea groups is 1. The summed E-state index contributed by atoms with van der Waals surface area (Å²) in [5.74, 6) is 0.826. The average molecular weight is 387 g/mol. The maximum absolute atomic E-state index is 13.1. The molecule has 1 unspecified atom stereocenters. The van der Waals surface area contributed by atoms with Crippen molar-refractivity contribution >= 4 is 22.9 Å². The van der Waals surface area contributed by atoms with Gasteiger partial charge in [0, 0.05) is 10.9 Å². The smallest absolute Gasteiger partial charge is 0.325 e. The molecule has 29 heavy (non-hydrogen) atoms. The molecule has 0 bridgehead atoms. The Balaban J connectivity index is 1.41. The second kappa shape index (κ2) is 6.34. The number of imide groups is 1. The van der Waals surface area contributed by atoms with Gasteiger partial charge in [0.15, 0.2) is 11.3 Å². The van der Waals surface area contributed by atoms with Gasteiger partial charge in [0.1, 0.15) is 17.9 Å². The number of nitrogens with one attached hydrogen (secondary N) is 1. The molecule has 1 aliphatic heterocycles. The van der Waals surface area contributed by atoms with Crippen LogP contribution in [0.2, 0.25) is 0 Å². The summed E-state index contributed by atoms with van der Waals surface area (Å²) in [5.41, 5.74) is 0.241. The van der Waals surface area contributed by atoms with Crippen LogP contribution in [-0.2, 0) is 16.9 Å². The number of para-hydroxylation sites is 1. The molecule has 144 valence electrons. The van der Waals surface area contributed by atoms with Gasteiger partial charge in [-0.25, -0.2) is 9.78 Å². The molecular formula is C22H17N3O4. The predicted octanol–water partition coefficient (Wildman–Crippen LogP) is 4.06. The molecular weight excluding hydrogens is 370 g/mol. The number of carbonyl (C=O) groups excluding carboxylic acids is 2. The number of oxazole rings is 1. The molecule has 0 spiro atoms. The highest BCUT2D eigenvalue weighted by molar-refractivity contribution is 6.07. The van der Waals surface area contributed by atoms with Crippen LogP contribution in [0.15, 0.2) is 75.7 Å². The van der Waals surface area contributed by atoms with E-state index in [4.69, 9.17) is 8.83 Å². The molecule has 5 rings (SSSR count). The third-order valence-corrected chi connectivity index (χ3v) is 5.10. The number of rotatable bonds is 4. The van der Waals surface area contributed by atoms with Crippen LogP contribution in [0.25, 0.3) is 22.3 Å². The van der Waals surface area contributed by atoms with E-state index in [2.05, 4.69) is 10.3 Å². The van der Waals surface area contributed by atoms with Crippen molar-refractivity contribution in [2.75, 3.05) is 0 Å². The molecule has 0 aliphatic carbocycles. The van der Waals surface area contributed by atoms with Crippen LogP contribution in [0.3, 0.4) is 0 Å². The van der Waals surface area contributed by atoms with Crippen LogP contribution in [0.5, 0.6) is 0 Å². The van der Waals surface area contributed by atoms with E-state index < -0.39 is 17.5 Å². The van der Waals surface area contributed by atoms with Crippen LogP contribution >= 0.6 is 0 Å². The van der Waals surface area contributed by atoms with E-state index >= 15 is 0 Å². The van der Waals surface area contributed by atoms with Crippen molar-refractivity contribution in [2.45, 2.75) is 19.0 Å². The zero-order valence-corrected chi connectivity index (χ0v) is 15.6. The molecule has 3 heterocycles. The van der Waals surface area contributed by atoms with Gasteiger partial charge in [0.2, 0.25) is 5.89 Å². The lowest BCUT2D eigenvalue weighted by Gasteiger charge is -2.18. The number of nitrogens with zero attached hydrogens (tertiary/aromatic N) is 2. The van der Waals surface area contributed by atoms with Crippen molar-refractivity contribution < 1.29 is 18.4 Å². The Bertz CT molecular complexity index is 1190. The molecule has 4 aromatic rings. The van der Waals surface area contributed by atoms with Crippen LogP contribution in [-0.4, -0.2) is 21.8 Å². The zero-order chi connectivity index (χ0) is 20.0. The lowest BCUT2D eigenvalue weighted by molar-refractivity contribution is -0.132. The third-order valence-electron chi connectivity index (χ3n) is 5.10. The molecule has 7 nitrogen and oxygen atoms in total. The summed E-state index contributed by atoms with van der Waals surface area (Å²) in [4.78, 5) is 31.0. The fraction of sp³-hybridized carbons (Fsp3) is 0.136. The first-order chi connectivity index (χ1) is 14.0. The number of hydrogen-bond donors (Lipinski definition) is 1. The zero-order valence-electron chi connectivity index (χ0n) is 15.6. The third kappa shape index (κ3) is 2.79. The molecule has 7 heteroatoms. The molecule has 1 atom stereocenters. The van der Waals surface area contributed by atoms with E-state index in [-0.39, 0.29) is 12.4 Å². The average Bonchev–Trinajstić information content (AvgIpc) is 3.43. The Morgan fingerprint density at radius 3 is 2.59 bits per heavy atom. The van der Waals surface area contributed by atoms with E-state index in [0.29, 0.717) is 17.1 Å². The molecule has 0 radical (unpaired) electrons. The molecule has 2 aromatic heterocycles. The molecule has 1 fully saturated rings. The standard InChI is InChI=1S/C22H17N3O4/c1-22(18-11-15-9-5-6-10-16(15)28-18)20(26)25(21(27)24-22)13-19-23-12-17(29-19)14-7-3-2-4-8-14/h2-12H,13H2,1H3,(H,24,27). The highest BCUT2D eigenvalue weighted by Crippen LogP contribution is 2.33. The fourth-order valence-corrected chi connectivity index (χ4v) is 3.49. The maximum Gasteiger partial charge on any atom is 0.325 e. The number of amides is 3. The molecule has 3 amide bonds. The van der Waals surface area contributed by atoms with E-state index in [0.717, 1.165) is 15.8 Å². The Hall–Kier alpha value is -3.87. The van der Waals surface area contributed by atoms with E-state index in [9.17, 15) is 9.59 Å². The largest absolute Gasteiger partial charge is 0.458 e. The Morgan fingerprint density at radius 1 is 1.03 bits per heavy atom. The van der Waals surface area contributed by atoms with Gasteiger partial charge in [0.25, 0.3) is 5.91 Å². The Labute approximate surface area is 165 Å². The van der Waals surface area contributed by atoms with Crippen molar-refractivity contribution in [2.24, 2.45) is 0 Å². The van der Waals surface area contributed by atoms with Crippen LogP contribution in [0.4, 0.5) is 4.79 Å². The van der Waals surface area contributed by atoms with Crippen LogP contribution in [0, 0.1) is 0 Å². The number of aromatic nitrogens is 1. The SMILES string of the molecule is CC1(c2cc3ccccc3o2)NC(=O)N(Cc2ncc(-c3ccccc3)o2)C1=O. The highest BCUT2D eigenvalue weighted by Gasteiger charge is 2.51. The monoisotopic (exact) mass is 387 g/mol. The Morgan fingerprint density at radius 2 is 1.79 bits per heavy atom. The van der Waals surface area contributed by atoms with Gasteiger partial charge in [-0.3, -0.25) is 9.69 Å². The van der Waals surface area contributed by atoms with Gasteiger partial charge in [-0.2, -0.15) is 0 Å². The molecule has 1 saturated heterocycles. The van der Waals surface area contributed by atoms with Gasteiger partial charge in [-0.15, -0.1) is 0 Å². The van der Waals surface area contributed by atoms with Gasteiger partial charge >= 0.3 is 6.03 Å². The Kier molecular flexibility index (Phi) is 3.77. The lowest BCUT2D eigenvalue weighted by atomic mass is 9.99. The van der Waals surface area contributed by atoms with Gasteiger partial charge < -0.3 is 14.2 Å². The fourth-order valence-electron chi connectivity index (χ4n) is 3.49. The lowest BCUT2D eigenvalue weighted by Crippen LogP contribution is -2.40. The van der Waals surface area contributed by atoms with Gasteiger partial charge in [-0.05, 0) is 19.1 Å². The van der Waals surface area contributed by atoms with Gasteiger partial charge in [-0.1, -0.05) is 48.5 Å². The van der Waals surface area contributed by atoms with E-state index in [1.165, 1.54) is 0 Å².